The number of nitrogens with two attached hydrogens (primary N) is 1. The lowest BCUT2D eigenvalue weighted by molar-refractivity contribution is -0.0716. The van der Waals surface area contributed by atoms with Crippen molar-refractivity contribution in [2.24, 2.45) is 0 Å². The Morgan fingerprint density at radius 3 is 2.47 bits per heavy atom. The van der Waals surface area contributed by atoms with Gasteiger partial charge in [-0.15, -0.1) is 5.10 Å². The highest BCUT2D eigenvalue weighted by Crippen LogP contribution is 2.59. The molecule has 0 saturated carbocycles. The summed E-state index contributed by atoms with van der Waals surface area (Å²) in [6.07, 6.45) is -0.868. The summed E-state index contributed by atoms with van der Waals surface area (Å²) < 4.78 is 27.0. The van der Waals surface area contributed by atoms with Crippen molar-refractivity contribution in [3.63, 3.8) is 0 Å². The molecular weight excluding hydrogens is 519 g/mol. The second-order valence-corrected chi connectivity index (χ2v) is 12.4. The molecule has 0 radical (unpaired) electrons. The van der Waals surface area contributed by atoms with E-state index in [0.29, 0.717) is 18.4 Å². The van der Waals surface area contributed by atoms with Gasteiger partial charge in [0.15, 0.2) is 11.6 Å². The Kier molecular flexibility index (Phi) is 9.19. The summed E-state index contributed by atoms with van der Waals surface area (Å²) in [7, 11) is -4.51. The Balaban J connectivity index is 1.83. The Hall–Kier alpha value is -2.19. The number of hydrogen-bond acceptors (Lipinski definition) is 11. The molecule has 14 nitrogen and oxygen atoms in total. The molecular formula is C23H39N6O8P. The molecule has 1 aliphatic heterocycles. The van der Waals surface area contributed by atoms with E-state index in [4.69, 9.17) is 15.0 Å². The van der Waals surface area contributed by atoms with Gasteiger partial charge in [-0.25, -0.2) is 9.48 Å². The number of aliphatic hydroxyl groups is 3. The van der Waals surface area contributed by atoms with Crippen molar-refractivity contribution in [1.82, 2.24) is 24.5 Å². The summed E-state index contributed by atoms with van der Waals surface area (Å²) in [4.78, 5) is 27.1. The highest BCUT2D eigenvalue weighted by molar-refractivity contribution is 7.54. The molecule has 2 aromatic rings. The van der Waals surface area contributed by atoms with Crippen LogP contribution < -0.4 is 11.4 Å². The monoisotopic (exact) mass is 558 g/mol. The fourth-order valence-corrected chi connectivity index (χ4v) is 5.89. The smallest absolute Gasteiger partial charge is 0.359 e. The average Bonchev–Trinajstić information content (AvgIpc) is 3.40. The Bertz CT molecular complexity index is 1220. The minimum atomic E-state index is -4.51. The SMILES string of the molecule is CCCC(C)(O)P(=O)(O)OC(C)(CC)CC1OC(n2cc(Cn3cc(CC)nn3)c(N)nc2=O)C(O)C1O. The first kappa shape index (κ1) is 30.4. The van der Waals surface area contributed by atoms with Gasteiger partial charge in [0.2, 0.25) is 0 Å². The third-order valence-corrected chi connectivity index (χ3v) is 9.14. The maximum absolute atomic E-state index is 12.9. The number of hydrogen-bond donors (Lipinski definition) is 5. The molecule has 0 amide bonds. The number of anilines is 1. The van der Waals surface area contributed by atoms with Crippen LogP contribution in [0.15, 0.2) is 17.2 Å². The van der Waals surface area contributed by atoms with Crippen LogP contribution in [0.1, 0.15) is 77.8 Å². The first-order valence-corrected chi connectivity index (χ1v) is 14.3. The highest BCUT2D eigenvalue weighted by atomic mass is 31.2. The van der Waals surface area contributed by atoms with Crippen LogP contribution in [0.5, 0.6) is 0 Å². The molecule has 3 heterocycles. The van der Waals surface area contributed by atoms with Crippen molar-refractivity contribution in [1.29, 1.82) is 0 Å². The van der Waals surface area contributed by atoms with Gasteiger partial charge in [-0.3, -0.25) is 9.13 Å². The normalized spacial score (nSPS) is 26.6. The van der Waals surface area contributed by atoms with Gasteiger partial charge in [-0.05, 0) is 33.1 Å². The van der Waals surface area contributed by atoms with E-state index < -0.39 is 48.8 Å². The van der Waals surface area contributed by atoms with Crippen molar-refractivity contribution in [3.05, 3.63) is 34.1 Å². The number of aromatic nitrogens is 5. The van der Waals surface area contributed by atoms with Gasteiger partial charge in [0.25, 0.3) is 0 Å². The van der Waals surface area contributed by atoms with Crippen LogP contribution in [0.3, 0.4) is 0 Å². The zero-order valence-corrected chi connectivity index (χ0v) is 23.3. The Morgan fingerprint density at radius 1 is 1.21 bits per heavy atom. The minimum Gasteiger partial charge on any atom is -0.388 e. The zero-order valence-electron chi connectivity index (χ0n) is 22.4. The maximum atomic E-state index is 12.9. The number of nitrogen functional groups attached to an aromatic ring is 1. The van der Waals surface area contributed by atoms with E-state index in [2.05, 4.69) is 15.3 Å². The van der Waals surface area contributed by atoms with Crippen LogP contribution in [-0.2, 0) is 26.8 Å². The molecule has 0 aliphatic carbocycles. The molecule has 0 aromatic carbocycles. The molecule has 3 rings (SSSR count). The minimum absolute atomic E-state index is 0.0193. The van der Waals surface area contributed by atoms with E-state index in [0.717, 1.165) is 10.3 Å². The van der Waals surface area contributed by atoms with Crippen molar-refractivity contribution in [2.45, 2.75) is 109 Å². The summed E-state index contributed by atoms with van der Waals surface area (Å²) >= 11 is 0. The molecule has 1 aliphatic rings. The maximum Gasteiger partial charge on any atom is 0.359 e. The lowest BCUT2D eigenvalue weighted by Gasteiger charge is -2.37. The van der Waals surface area contributed by atoms with Crippen molar-refractivity contribution < 1.29 is 34.0 Å². The van der Waals surface area contributed by atoms with Gasteiger partial charge in [0.1, 0.15) is 18.0 Å². The lowest BCUT2D eigenvalue weighted by Crippen LogP contribution is -2.40. The van der Waals surface area contributed by atoms with E-state index in [1.54, 1.807) is 27.0 Å². The number of nitrogens with zero attached hydrogens (tertiary/aromatic N) is 5. The third-order valence-electron chi connectivity index (χ3n) is 7.01. The van der Waals surface area contributed by atoms with Gasteiger partial charge in [-0.1, -0.05) is 32.4 Å². The molecule has 7 atom stereocenters. The molecule has 0 bridgehead atoms. The number of rotatable bonds is 12. The molecule has 7 unspecified atom stereocenters. The van der Waals surface area contributed by atoms with Crippen LogP contribution in [-0.4, -0.2) is 74.0 Å². The number of aryl methyl sites for hydroxylation is 1. The van der Waals surface area contributed by atoms with Gasteiger partial charge in [0.05, 0.1) is 23.9 Å². The van der Waals surface area contributed by atoms with E-state index in [1.807, 2.05) is 6.92 Å². The van der Waals surface area contributed by atoms with E-state index in [-0.39, 0.29) is 31.6 Å². The lowest BCUT2D eigenvalue weighted by atomic mass is 9.93. The van der Waals surface area contributed by atoms with Gasteiger partial charge < -0.3 is 35.2 Å². The number of aliphatic hydroxyl groups excluding tert-OH is 2. The predicted molar refractivity (Wildman–Crippen MR) is 137 cm³/mol. The molecule has 214 valence electrons. The fraction of sp³-hybridized carbons (Fsp3) is 0.739. The van der Waals surface area contributed by atoms with Crippen molar-refractivity contribution in [2.75, 3.05) is 5.73 Å². The summed E-state index contributed by atoms with van der Waals surface area (Å²) in [5, 5.41) is 38.2. The average molecular weight is 559 g/mol. The first-order chi connectivity index (χ1) is 17.7. The van der Waals surface area contributed by atoms with Gasteiger partial charge in [-0.2, -0.15) is 4.98 Å². The largest absolute Gasteiger partial charge is 0.388 e. The van der Waals surface area contributed by atoms with Crippen LogP contribution in [0, 0.1) is 0 Å². The standard InChI is InChI=1S/C23H39N6O8P/c1-6-9-23(5,33)38(34,35)37-22(4,8-3)10-16-17(30)18(31)20(36-16)29-12-14(19(24)25-21(29)32)11-28-13-15(7-2)26-27-28/h12-13,16-18,20,30-31,33H,6-11H2,1-5H3,(H,34,35)(H2,24,25,32). The Morgan fingerprint density at radius 2 is 1.89 bits per heavy atom. The van der Waals surface area contributed by atoms with E-state index >= 15 is 0 Å². The topological polar surface area (TPSA) is 208 Å². The van der Waals surface area contributed by atoms with Crippen molar-refractivity contribution >= 4 is 13.4 Å². The summed E-state index contributed by atoms with van der Waals surface area (Å²) in [6.45, 7) is 8.39. The quantitative estimate of drug-likeness (QED) is 0.230. The van der Waals surface area contributed by atoms with E-state index in [1.165, 1.54) is 17.8 Å². The summed E-state index contributed by atoms with van der Waals surface area (Å²) in [6, 6.07) is 0. The zero-order chi connectivity index (χ0) is 28.5. The molecule has 1 saturated heterocycles. The van der Waals surface area contributed by atoms with E-state index in [9.17, 15) is 29.6 Å². The second kappa shape index (κ2) is 11.5. The van der Waals surface area contributed by atoms with Crippen molar-refractivity contribution in [3.8, 4) is 0 Å². The summed E-state index contributed by atoms with van der Waals surface area (Å²) in [5.41, 5.74) is 5.06. The molecule has 1 fully saturated rings. The van der Waals surface area contributed by atoms with Gasteiger partial charge in [0, 0.05) is 24.4 Å². The number of ether oxygens (including phenoxy) is 1. The van der Waals surface area contributed by atoms with Crippen LogP contribution in [0.25, 0.3) is 0 Å². The summed E-state index contributed by atoms with van der Waals surface area (Å²) in [5.74, 6) is -0.0193. The predicted octanol–water partition coefficient (Wildman–Crippen LogP) is 0.916. The first-order valence-electron chi connectivity index (χ1n) is 12.7. The Labute approximate surface area is 220 Å². The molecule has 15 heteroatoms. The molecule has 2 aromatic heterocycles. The van der Waals surface area contributed by atoms with Crippen LogP contribution >= 0.6 is 7.60 Å². The molecule has 38 heavy (non-hydrogen) atoms. The highest BCUT2D eigenvalue weighted by Gasteiger charge is 2.51. The second-order valence-electron chi connectivity index (χ2n) is 10.2. The molecule has 6 N–H and O–H groups in total. The molecule has 0 spiro atoms. The van der Waals surface area contributed by atoms with Crippen LogP contribution in [0.2, 0.25) is 0 Å². The van der Waals surface area contributed by atoms with Crippen LogP contribution in [0.4, 0.5) is 5.82 Å². The third kappa shape index (κ3) is 6.33. The fourth-order valence-electron chi connectivity index (χ4n) is 4.39. The van der Waals surface area contributed by atoms with Gasteiger partial charge >= 0.3 is 13.3 Å².